The highest BCUT2D eigenvalue weighted by atomic mass is 16.2. The molecule has 0 bridgehead atoms. The van der Waals surface area contributed by atoms with Crippen LogP contribution < -0.4 is 0 Å². The maximum absolute atomic E-state index is 14.3. The summed E-state index contributed by atoms with van der Waals surface area (Å²) in [6.07, 6.45) is 2.30. The van der Waals surface area contributed by atoms with E-state index >= 15 is 0 Å². The first kappa shape index (κ1) is 31.0. The van der Waals surface area contributed by atoms with Gasteiger partial charge in [0, 0.05) is 38.0 Å². The Balaban J connectivity index is 1.26. The van der Waals surface area contributed by atoms with Crippen LogP contribution in [-0.4, -0.2) is 26.9 Å². The first-order valence-electron chi connectivity index (χ1n) is 15.8. The SMILES string of the molecule is Cn1c(CCc2ccc(C#N)cc2)nc2cc(C(=O)N(CCC(c3ccccc3)c3ccccc3)Cc3ccc(C#N)cc3)ccc21. The summed E-state index contributed by atoms with van der Waals surface area (Å²) < 4.78 is 2.09. The van der Waals surface area contributed by atoms with Crippen molar-refractivity contribution in [2.45, 2.75) is 31.7 Å². The molecule has 0 unspecified atom stereocenters. The van der Waals surface area contributed by atoms with Crippen LogP contribution in [0.25, 0.3) is 11.0 Å². The first-order chi connectivity index (χ1) is 23.0. The van der Waals surface area contributed by atoms with E-state index in [2.05, 4.69) is 65.2 Å². The average molecular weight is 614 g/mol. The van der Waals surface area contributed by atoms with Crippen LogP contribution in [0.1, 0.15) is 61.9 Å². The van der Waals surface area contributed by atoms with Gasteiger partial charge in [0.25, 0.3) is 5.91 Å². The number of carbonyl (C=O) groups is 1. The monoisotopic (exact) mass is 613 g/mol. The van der Waals surface area contributed by atoms with Crippen molar-refractivity contribution in [1.29, 1.82) is 10.5 Å². The molecule has 0 atom stereocenters. The molecule has 6 aromatic rings. The van der Waals surface area contributed by atoms with E-state index in [0.29, 0.717) is 29.8 Å². The van der Waals surface area contributed by atoms with Crippen molar-refractivity contribution in [3.05, 3.63) is 172 Å². The van der Waals surface area contributed by atoms with Crippen molar-refractivity contribution in [2.24, 2.45) is 7.05 Å². The van der Waals surface area contributed by atoms with Crippen LogP contribution in [0.15, 0.2) is 127 Å². The number of fused-ring (bicyclic) bond motifs is 1. The van der Waals surface area contributed by atoms with Crippen molar-refractivity contribution < 1.29 is 4.79 Å². The number of hydrogen-bond donors (Lipinski definition) is 0. The Labute approximate surface area is 275 Å². The average Bonchev–Trinajstić information content (AvgIpc) is 3.45. The van der Waals surface area contributed by atoms with E-state index in [4.69, 9.17) is 10.2 Å². The number of benzene rings is 5. The fraction of sp³-hybridized carbons (Fsp3) is 0.171. The minimum absolute atomic E-state index is 0.0547. The molecule has 1 aromatic heterocycles. The Bertz CT molecular complexity index is 2010. The lowest BCUT2D eigenvalue weighted by molar-refractivity contribution is 0.0739. The number of aromatic nitrogens is 2. The molecular weight excluding hydrogens is 578 g/mol. The van der Waals surface area contributed by atoms with Crippen LogP contribution in [0.5, 0.6) is 0 Å². The smallest absolute Gasteiger partial charge is 0.254 e. The summed E-state index contributed by atoms with van der Waals surface area (Å²) in [4.78, 5) is 21.1. The first-order valence-corrected chi connectivity index (χ1v) is 15.8. The molecule has 5 aromatic carbocycles. The predicted octanol–water partition coefficient (Wildman–Crippen LogP) is 7.97. The summed E-state index contributed by atoms with van der Waals surface area (Å²) in [6, 6.07) is 46.1. The summed E-state index contributed by atoms with van der Waals surface area (Å²) in [7, 11) is 2.01. The van der Waals surface area contributed by atoms with Gasteiger partial charge in [-0.3, -0.25) is 4.79 Å². The Hall–Kier alpha value is -5.98. The summed E-state index contributed by atoms with van der Waals surface area (Å²) in [5, 5.41) is 18.4. The molecule has 0 saturated heterocycles. The number of imidazole rings is 1. The van der Waals surface area contributed by atoms with Crippen molar-refractivity contribution in [3.8, 4) is 12.1 Å². The van der Waals surface area contributed by atoms with Gasteiger partial charge in [0.05, 0.1) is 34.3 Å². The Morgan fingerprint density at radius 3 is 1.89 bits per heavy atom. The number of amides is 1. The topological polar surface area (TPSA) is 85.7 Å². The second-order valence-electron chi connectivity index (χ2n) is 11.8. The molecule has 47 heavy (non-hydrogen) atoms. The van der Waals surface area contributed by atoms with Crippen LogP contribution in [0.2, 0.25) is 0 Å². The molecule has 1 amide bonds. The molecule has 0 aliphatic carbocycles. The maximum Gasteiger partial charge on any atom is 0.254 e. The minimum Gasteiger partial charge on any atom is -0.334 e. The van der Waals surface area contributed by atoms with E-state index in [1.54, 1.807) is 12.1 Å². The zero-order chi connectivity index (χ0) is 32.6. The second kappa shape index (κ2) is 14.4. The summed E-state index contributed by atoms with van der Waals surface area (Å²) in [6.45, 7) is 0.973. The molecule has 0 fully saturated rings. The van der Waals surface area contributed by atoms with Crippen molar-refractivity contribution in [1.82, 2.24) is 14.5 Å². The third-order valence-corrected chi connectivity index (χ3v) is 8.78. The van der Waals surface area contributed by atoms with Gasteiger partial charge in [0.1, 0.15) is 5.82 Å². The van der Waals surface area contributed by atoms with E-state index in [1.165, 1.54) is 11.1 Å². The Morgan fingerprint density at radius 2 is 1.32 bits per heavy atom. The third-order valence-electron chi connectivity index (χ3n) is 8.78. The van der Waals surface area contributed by atoms with Crippen LogP contribution in [-0.2, 0) is 26.4 Å². The van der Waals surface area contributed by atoms with E-state index in [1.807, 2.05) is 78.7 Å². The molecule has 0 N–H and O–H groups in total. The summed E-state index contributed by atoms with van der Waals surface area (Å²) in [5.41, 5.74) is 8.15. The van der Waals surface area contributed by atoms with Crippen LogP contribution in [0, 0.1) is 22.7 Å². The fourth-order valence-corrected chi connectivity index (χ4v) is 6.13. The fourth-order valence-electron chi connectivity index (χ4n) is 6.13. The van der Waals surface area contributed by atoms with Gasteiger partial charge in [0.2, 0.25) is 0 Å². The molecule has 1 heterocycles. The zero-order valence-electron chi connectivity index (χ0n) is 26.4. The largest absolute Gasteiger partial charge is 0.334 e. The number of hydrogen-bond acceptors (Lipinski definition) is 4. The number of carbonyl (C=O) groups excluding carboxylic acids is 1. The van der Waals surface area contributed by atoms with Gasteiger partial charge in [-0.05, 0) is 77.6 Å². The number of aryl methyl sites for hydroxylation is 3. The molecule has 230 valence electrons. The maximum atomic E-state index is 14.3. The lowest BCUT2D eigenvalue weighted by Crippen LogP contribution is -2.32. The van der Waals surface area contributed by atoms with Crippen molar-refractivity contribution >= 4 is 16.9 Å². The van der Waals surface area contributed by atoms with Gasteiger partial charge < -0.3 is 9.47 Å². The molecule has 6 rings (SSSR count). The summed E-state index contributed by atoms with van der Waals surface area (Å²) >= 11 is 0. The van der Waals surface area contributed by atoms with E-state index in [0.717, 1.165) is 47.2 Å². The number of nitriles is 2. The van der Waals surface area contributed by atoms with Gasteiger partial charge in [-0.1, -0.05) is 84.9 Å². The van der Waals surface area contributed by atoms with Gasteiger partial charge in [-0.15, -0.1) is 0 Å². The highest BCUT2D eigenvalue weighted by Crippen LogP contribution is 2.29. The molecule has 0 aliphatic heterocycles. The Morgan fingerprint density at radius 1 is 0.745 bits per heavy atom. The van der Waals surface area contributed by atoms with E-state index in [9.17, 15) is 10.1 Å². The van der Waals surface area contributed by atoms with Gasteiger partial charge >= 0.3 is 0 Å². The molecule has 0 aliphatic rings. The lowest BCUT2D eigenvalue weighted by Gasteiger charge is -2.26. The van der Waals surface area contributed by atoms with Crippen molar-refractivity contribution in [3.63, 3.8) is 0 Å². The highest BCUT2D eigenvalue weighted by Gasteiger charge is 2.22. The zero-order valence-corrected chi connectivity index (χ0v) is 26.4. The van der Waals surface area contributed by atoms with Crippen LogP contribution in [0.3, 0.4) is 0 Å². The standard InChI is InChI=1S/C41H35N5O/c1-45-39-22-21-36(26-38(39)44-40(45)23-20-30-12-14-31(27-42)15-13-30)41(47)46(29-33-18-16-32(28-43)17-19-33)25-24-37(34-8-4-2-5-9-34)35-10-6-3-7-11-35/h2-19,21-22,26,37H,20,23-25,29H2,1H3. The minimum atomic E-state index is -0.0547. The van der Waals surface area contributed by atoms with E-state index < -0.39 is 0 Å². The predicted molar refractivity (Wildman–Crippen MR) is 185 cm³/mol. The van der Waals surface area contributed by atoms with E-state index in [-0.39, 0.29) is 11.8 Å². The van der Waals surface area contributed by atoms with Crippen LogP contribution in [0.4, 0.5) is 0 Å². The van der Waals surface area contributed by atoms with Gasteiger partial charge in [-0.2, -0.15) is 10.5 Å². The number of nitrogens with zero attached hydrogens (tertiary/aromatic N) is 5. The molecule has 0 spiro atoms. The van der Waals surface area contributed by atoms with Crippen LogP contribution >= 0.6 is 0 Å². The van der Waals surface area contributed by atoms with Gasteiger partial charge in [-0.25, -0.2) is 4.98 Å². The van der Waals surface area contributed by atoms with Gasteiger partial charge in [0.15, 0.2) is 0 Å². The lowest BCUT2D eigenvalue weighted by atomic mass is 9.88. The third kappa shape index (κ3) is 7.30. The molecule has 0 radical (unpaired) electrons. The normalized spacial score (nSPS) is 10.9. The Kier molecular flexibility index (Phi) is 9.51. The number of rotatable bonds is 11. The van der Waals surface area contributed by atoms with Crippen molar-refractivity contribution in [2.75, 3.05) is 6.54 Å². The second-order valence-corrected chi connectivity index (χ2v) is 11.8. The highest BCUT2D eigenvalue weighted by molar-refractivity contribution is 5.97. The molecule has 0 saturated carbocycles. The molecule has 6 nitrogen and oxygen atoms in total. The quantitative estimate of drug-likeness (QED) is 0.148. The molecule has 6 heteroatoms. The molecular formula is C41H35N5O. The summed E-state index contributed by atoms with van der Waals surface area (Å²) in [5.74, 6) is 1.02.